The lowest BCUT2D eigenvalue weighted by atomic mass is 10.1. The van der Waals surface area contributed by atoms with E-state index in [1.54, 1.807) is 7.11 Å². The second kappa shape index (κ2) is 14.7. The van der Waals surface area contributed by atoms with E-state index < -0.39 is 0 Å². The lowest BCUT2D eigenvalue weighted by Gasteiger charge is -2.32. The third-order valence-electron chi connectivity index (χ3n) is 4.81. The fourth-order valence-electron chi connectivity index (χ4n) is 3.39. The van der Waals surface area contributed by atoms with Crippen molar-refractivity contribution in [3.8, 4) is 11.5 Å². The zero-order valence-electron chi connectivity index (χ0n) is 17.9. The molecule has 0 saturated carbocycles. The Bertz CT molecular complexity index is 608. The van der Waals surface area contributed by atoms with Crippen LogP contribution >= 0.6 is 24.0 Å². The number of ether oxygens (including phenoxy) is 2. The number of guanidine groups is 1. The Morgan fingerprint density at radius 2 is 2.00 bits per heavy atom. The summed E-state index contributed by atoms with van der Waals surface area (Å²) >= 11 is 0. The summed E-state index contributed by atoms with van der Waals surface area (Å²) < 4.78 is 10.9. The van der Waals surface area contributed by atoms with Crippen molar-refractivity contribution in [3.63, 3.8) is 0 Å². The Morgan fingerprint density at radius 1 is 1.24 bits per heavy atom. The number of piperidine rings is 1. The molecule has 0 unspecified atom stereocenters. The molecule has 29 heavy (non-hydrogen) atoms. The summed E-state index contributed by atoms with van der Waals surface area (Å²) in [5, 5.41) is 15.8. The average molecular weight is 520 g/mol. The molecule has 1 aromatic carbocycles. The van der Waals surface area contributed by atoms with E-state index in [0.29, 0.717) is 24.1 Å². The first kappa shape index (κ1) is 25.8. The van der Waals surface area contributed by atoms with Gasteiger partial charge in [0.05, 0.1) is 20.3 Å². The van der Waals surface area contributed by atoms with E-state index >= 15 is 0 Å². The van der Waals surface area contributed by atoms with Gasteiger partial charge in [0.2, 0.25) is 0 Å². The zero-order valence-corrected chi connectivity index (χ0v) is 20.3. The molecule has 3 N–H and O–H groups in total. The number of benzene rings is 1. The molecule has 8 heteroatoms. The minimum Gasteiger partial charge on any atom is -0.493 e. The quantitative estimate of drug-likeness (QED) is 0.250. The Labute approximate surface area is 192 Å². The summed E-state index contributed by atoms with van der Waals surface area (Å²) in [6.45, 7) is 9.43. The number of hydrogen-bond acceptors (Lipinski definition) is 5. The highest BCUT2D eigenvalue weighted by Gasteiger charge is 2.19. The fourth-order valence-corrected chi connectivity index (χ4v) is 3.39. The van der Waals surface area contributed by atoms with E-state index in [1.807, 2.05) is 18.2 Å². The molecule has 1 aromatic rings. The highest BCUT2D eigenvalue weighted by molar-refractivity contribution is 14.0. The molecule has 1 fully saturated rings. The first-order chi connectivity index (χ1) is 13.7. The van der Waals surface area contributed by atoms with Crippen LogP contribution in [0.15, 0.2) is 23.2 Å². The van der Waals surface area contributed by atoms with Crippen LogP contribution in [0.5, 0.6) is 11.5 Å². The number of nitrogens with zero attached hydrogens (tertiary/aromatic N) is 2. The maximum Gasteiger partial charge on any atom is 0.191 e. The molecule has 0 aromatic heterocycles. The van der Waals surface area contributed by atoms with Crippen LogP contribution in [0.25, 0.3) is 0 Å². The lowest BCUT2D eigenvalue weighted by Crippen LogP contribution is -2.48. The van der Waals surface area contributed by atoms with Gasteiger partial charge in [-0.1, -0.05) is 13.0 Å². The molecule has 1 aliphatic heterocycles. The van der Waals surface area contributed by atoms with Gasteiger partial charge in [-0.3, -0.25) is 0 Å². The number of nitrogens with one attached hydrogen (secondary N) is 2. The first-order valence-electron chi connectivity index (χ1n) is 10.4. The van der Waals surface area contributed by atoms with Crippen LogP contribution in [0.2, 0.25) is 0 Å². The van der Waals surface area contributed by atoms with E-state index in [9.17, 15) is 0 Å². The van der Waals surface area contributed by atoms with E-state index in [2.05, 4.69) is 29.4 Å². The fraction of sp³-hybridized carbons (Fsp3) is 0.667. The summed E-state index contributed by atoms with van der Waals surface area (Å²) in [5.41, 5.74) is 1.04. The van der Waals surface area contributed by atoms with Gasteiger partial charge in [-0.25, -0.2) is 4.99 Å². The highest BCUT2D eigenvalue weighted by Crippen LogP contribution is 2.28. The number of hydrogen-bond donors (Lipinski definition) is 3. The van der Waals surface area contributed by atoms with Gasteiger partial charge in [0.25, 0.3) is 0 Å². The van der Waals surface area contributed by atoms with E-state index in [1.165, 1.54) is 13.0 Å². The molecule has 0 bridgehead atoms. The van der Waals surface area contributed by atoms with Crippen molar-refractivity contribution in [2.45, 2.75) is 45.7 Å². The summed E-state index contributed by atoms with van der Waals surface area (Å²) in [4.78, 5) is 7.28. The van der Waals surface area contributed by atoms with Crippen LogP contribution in [0.3, 0.4) is 0 Å². The van der Waals surface area contributed by atoms with Gasteiger partial charge in [-0.2, -0.15) is 0 Å². The predicted molar refractivity (Wildman–Crippen MR) is 129 cm³/mol. The molecule has 1 saturated heterocycles. The van der Waals surface area contributed by atoms with Gasteiger partial charge in [0.1, 0.15) is 6.61 Å². The summed E-state index contributed by atoms with van der Waals surface area (Å²) in [5.74, 6) is 2.14. The van der Waals surface area contributed by atoms with Crippen LogP contribution in [0.4, 0.5) is 0 Å². The van der Waals surface area contributed by atoms with Crippen molar-refractivity contribution in [3.05, 3.63) is 23.8 Å². The Kier molecular flexibility index (Phi) is 13.0. The SMILES string of the molecule is CCCN1CCC(NC(=NCc2ccc(OCCO)c(OC)c2)NCC)CC1.I. The van der Waals surface area contributed by atoms with E-state index in [4.69, 9.17) is 19.6 Å². The summed E-state index contributed by atoms with van der Waals surface area (Å²) in [6, 6.07) is 6.24. The van der Waals surface area contributed by atoms with Crippen LogP contribution in [-0.2, 0) is 6.54 Å². The second-order valence-corrected chi connectivity index (χ2v) is 7.01. The van der Waals surface area contributed by atoms with Crippen LogP contribution in [0.1, 0.15) is 38.7 Å². The van der Waals surface area contributed by atoms with E-state index in [-0.39, 0.29) is 37.2 Å². The molecule has 2 rings (SSSR count). The number of aliphatic hydroxyl groups excluding tert-OH is 1. The van der Waals surface area contributed by atoms with Gasteiger partial charge in [0.15, 0.2) is 17.5 Å². The monoisotopic (exact) mass is 520 g/mol. The van der Waals surface area contributed by atoms with Gasteiger partial charge >= 0.3 is 0 Å². The van der Waals surface area contributed by atoms with Gasteiger partial charge < -0.3 is 30.1 Å². The maximum absolute atomic E-state index is 8.92. The molecule has 1 aliphatic rings. The molecule has 166 valence electrons. The predicted octanol–water partition coefficient (Wildman–Crippen LogP) is 2.61. The highest BCUT2D eigenvalue weighted by atomic mass is 127. The molecule has 1 heterocycles. The molecule has 0 amide bonds. The number of rotatable bonds is 10. The Balaban J connectivity index is 0.00000420. The first-order valence-corrected chi connectivity index (χ1v) is 10.4. The maximum atomic E-state index is 8.92. The molecule has 0 radical (unpaired) electrons. The van der Waals surface area contributed by atoms with Gasteiger partial charge in [0, 0.05) is 25.7 Å². The van der Waals surface area contributed by atoms with Crippen molar-refractivity contribution in [2.24, 2.45) is 4.99 Å². The largest absolute Gasteiger partial charge is 0.493 e. The minimum atomic E-state index is -0.0235. The Morgan fingerprint density at radius 3 is 2.62 bits per heavy atom. The summed E-state index contributed by atoms with van der Waals surface area (Å²) in [6.07, 6.45) is 3.51. The topological polar surface area (TPSA) is 78.4 Å². The molecule has 0 aliphatic carbocycles. The van der Waals surface area contributed by atoms with Crippen molar-refractivity contribution in [1.29, 1.82) is 0 Å². The number of halogens is 1. The molecule has 0 atom stereocenters. The van der Waals surface area contributed by atoms with Crippen LogP contribution < -0.4 is 20.1 Å². The van der Waals surface area contributed by atoms with E-state index in [0.717, 1.165) is 44.0 Å². The van der Waals surface area contributed by atoms with Crippen molar-refractivity contribution in [2.75, 3.05) is 46.5 Å². The number of aliphatic imine (C=N–C) groups is 1. The molecular formula is C21H37IN4O3. The standard InChI is InChI=1S/C21H36N4O3.HI/c1-4-10-25-11-8-18(9-12-25)24-21(22-5-2)23-16-17-6-7-19(28-14-13-26)20(15-17)27-3;/h6-7,15,18,26H,4-5,8-14,16H2,1-3H3,(H2,22,23,24);1H. The van der Waals surface area contributed by atoms with Crippen molar-refractivity contribution < 1.29 is 14.6 Å². The van der Waals surface area contributed by atoms with Gasteiger partial charge in [-0.15, -0.1) is 24.0 Å². The minimum absolute atomic E-state index is 0. The average Bonchev–Trinajstić information content (AvgIpc) is 2.72. The molecule has 0 spiro atoms. The Hall–Kier alpha value is -1.26. The molecular weight excluding hydrogens is 483 g/mol. The van der Waals surface area contributed by atoms with Crippen molar-refractivity contribution in [1.82, 2.24) is 15.5 Å². The molecule has 7 nitrogen and oxygen atoms in total. The van der Waals surface area contributed by atoms with Crippen LogP contribution in [0, 0.1) is 0 Å². The third-order valence-corrected chi connectivity index (χ3v) is 4.81. The van der Waals surface area contributed by atoms with Crippen molar-refractivity contribution >= 4 is 29.9 Å². The number of aliphatic hydroxyl groups is 1. The smallest absolute Gasteiger partial charge is 0.191 e. The third kappa shape index (κ3) is 8.96. The van der Waals surface area contributed by atoms with Gasteiger partial charge in [-0.05, 0) is 50.4 Å². The summed E-state index contributed by atoms with van der Waals surface area (Å²) in [7, 11) is 1.62. The number of methoxy groups -OCH3 is 1. The normalized spacial score (nSPS) is 15.5. The number of likely N-dealkylation sites (tertiary alicyclic amines) is 1. The van der Waals surface area contributed by atoms with Crippen LogP contribution in [-0.4, -0.2) is 68.5 Å². The lowest BCUT2D eigenvalue weighted by molar-refractivity contribution is 0.196. The second-order valence-electron chi connectivity index (χ2n) is 7.01. The zero-order chi connectivity index (χ0) is 20.2.